The smallest absolute Gasteiger partial charge is 0.183 e. The van der Waals surface area contributed by atoms with E-state index >= 15 is 0 Å². The minimum atomic E-state index is 0.603. The molecule has 2 rings (SSSR count). The van der Waals surface area contributed by atoms with Crippen LogP contribution in [0.4, 0.5) is 5.13 Å². The van der Waals surface area contributed by atoms with E-state index in [1.54, 1.807) is 11.3 Å². The lowest BCUT2D eigenvalue weighted by molar-refractivity contribution is 0.301. The fourth-order valence-electron chi connectivity index (χ4n) is 1.40. The monoisotopic (exact) mass is 238 g/mol. The van der Waals surface area contributed by atoms with Crippen LogP contribution in [-0.2, 0) is 13.0 Å². The zero-order chi connectivity index (χ0) is 11.5. The standard InChI is InChI=1S/C10H14N4OS/c1-4-9-7(3)12-10(16-9)11-5-8-6(2)13-15-14-8/h4-5H2,1-3H3,(H,11,12). The van der Waals surface area contributed by atoms with Gasteiger partial charge in [0.05, 0.1) is 12.2 Å². The Morgan fingerprint density at radius 3 is 2.62 bits per heavy atom. The third kappa shape index (κ3) is 2.21. The summed E-state index contributed by atoms with van der Waals surface area (Å²) in [6.07, 6.45) is 1.02. The summed E-state index contributed by atoms with van der Waals surface area (Å²) in [7, 11) is 0. The maximum atomic E-state index is 4.63. The van der Waals surface area contributed by atoms with Crippen LogP contribution in [0.1, 0.15) is 28.9 Å². The average molecular weight is 238 g/mol. The second-order valence-electron chi connectivity index (χ2n) is 3.53. The van der Waals surface area contributed by atoms with E-state index in [1.165, 1.54) is 4.88 Å². The van der Waals surface area contributed by atoms with Crippen molar-refractivity contribution in [2.75, 3.05) is 5.32 Å². The first-order valence-corrected chi connectivity index (χ1v) is 6.00. The molecule has 5 nitrogen and oxygen atoms in total. The van der Waals surface area contributed by atoms with Gasteiger partial charge >= 0.3 is 0 Å². The van der Waals surface area contributed by atoms with Crippen molar-refractivity contribution in [3.05, 3.63) is 22.0 Å². The van der Waals surface area contributed by atoms with Gasteiger partial charge in [-0.3, -0.25) is 0 Å². The second-order valence-corrected chi connectivity index (χ2v) is 4.61. The Bertz CT molecular complexity index is 477. The molecule has 2 aromatic heterocycles. The van der Waals surface area contributed by atoms with E-state index < -0.39 is 0 Å². The number of hydrogen-bond acceptors (Lipinski definition) is 6. The molecule has 0 fully saturated rings. The van der Waals surface area contributed by atoms with Gasteiger partial charge < -0.3 is 5.32 Å². The number of nitrogens with zero attached hydrogens (tertiary/aromatic N) is 3. The third-order valence-corrected chi connectivity index (χ3v) is 3.63. The Kier molecular flexibility index (Phi) is 3.19. The lowest BCUT2D eigenvalue weighted by Crippen LogP contribution is -2.00. The van der Waals surface area contributed by atoms with Gasteiger partial charge in [0.25, 0.3) is 0 Å². The highest BCUT2D eigenvalue weighted by atomic mass is 32.1. The van der Waals surface area contributed by atoms with Gasteiger partial charge in [0, 0.05) is 4.88 Å². The number of hydrogen-bond donors (Lipinski definition) is 1. The van der Waals surface area contributed by atoms with E-state index in [1.807, 2.05) is 13.8 Å². The second kappa shape index (κ2) is 4.61. The molecule has 0 aliphatic heterocycles. The fraction of sp³-hybridized carbons (Fsp3) is 0.500. The largest absolute Gasteiger partial charge is 0.356 e. The van der Waals surface area contributed by atoms with Crippen LogP contribution in [0.5, 0.6) is 0 Å². The summed E-state index contributed by atoms with van der Waals surface area (Å²) in [5, 5.41) is 11.7. The molecule has 0 aliphatic rings. The molecule has 0 radical (unpaired) electrons. The van der Waals surface area contributed by atoms with E-state index in [9.17, 15) is 0 Å². The van der Waals surface area contributed by atoms with Crippen molar-refractivity contribution >= 4 is 16.5 Å². The zero-order valence-electron chi connectivity index (χ0n) is 9.57. The van der Waals surface area contributed by atoms with Gasteiger partial charge in [-0.2, -0.15) is 0 Å². The lowest BCUT2D eigenvalue weighted by Gasteiger charge is -1.97. The molecule has 0 saturated heterocycles. The van der Waals surface area contributed by atoms with Gasteiger partial charge in [-0.05, 0) is 20.3 Å². The van der Waals surface area contributed by atoms with Crippen molar-refractivity contribution in [3.63, 3.8) is 0 Å². The van der Waals surface area contributed by atoms with Gasteiger partial charge in [-0.15, -0.1) is 11.3 Å². The summed E-state index contributed by atoms with van der Waals surface area (Å²) < 4.78 is 4.63. The van der Waals surface area contributed by atoms with Crippen molar-refractivity contribution in [1.29, 1.82) is 0 Å². The third-order valence-electron chi connectivity index (χ3n) is 2.37. The SMILES string of the molecule is CCc1sc(NCc2nonc2C)nc1C. The normalized spacial score (nSPS) is 10.7. The van der Waals surface area contributed by atoms with E-state index in [0.29, 0.717) is 6.54 Å². The summed E-state index contributed by atoms with van der Waals surface area (Å²) in [6, 6.07) is 0. The topological polar surface area (TPSA) is 63.8 Å². The van der Waals surface area contributed by atoms with Crippen molar-refractivity contribution in [2.24, 2.45) is 0 Å². The number of aryl methyl sites for hydroxylation is 3. The highest BCUT2D eigenvalue weighted by Gasteiger charge is 2.08. The van der Waals surface area contributed by atoms with Crippen LogP contribution in [0, 0.1) is 13.8 Å². The molecule has 6 heteroatoms. The van der Waals surface area contributed by atoms with Crippen molar-refractivity contribution in [1.82, 2.24) is 15.3 Å². The molecule has 16 heavy (non-hydrogen) atoms. The molecule has 0 bridgehead atoms. The van der Waals surface area contributed by atoms with Crippen LogP contribution in [0.15, 0.2) is 4.63 Å². The molecule has 1 N–H and O–H groups in total. The molecule has 0 aliphatic carbocycles. The van der Waals surface area contributed by atoms with Crippen molar-refractivity contribution in [3.8, 4) is 0 Å². The van der Waals surface area contributed by atoms with E-state index in [2.05, 4.69) is 32.2 Å². The number of aromatic nitrogens is 3. The molecule has 2 aromatic rings. The Labute approximate surface area is 97.9 Å². The first-order valence-electron chi connectivity index (χ1n) is 5.19. The first-order chi connectivity index (χ1) is 7.70. The molecule has 0 atom stereocenters. The maximum Gasteiger partial charge on any atom is 0.183 e. The van der Waals surface area contributed by atoms with Gasteiger partial charge in [0.1, 0.15) is 11.4 Å². The average Bonchev–Trinajstić information content (AvgIpc) is 2.82. The predicted molar refractivity (Wildman–Crippen MR) is 62.6 cm³/mol. The number of rotatable bonds is 4. The summed E-state index contributed by atoms with van der Waals surface area (Å²) >= 11 is 1.69. The van der Waals surface area contributed by atoms with Crippen LogP contribution < -0.4 is 5.32 Å². The van der Waals surface area contributed by atoms with Crippen molar-refractivity contribution < 1.29 is 4.63 Å². The number of anilines is 1. The van der Waals surface area contributed by atoms with Crippen LogP contribution in [0.2, 0.25) is 0 Å². The number of thiazole rings is 1. The Morgan fingerprint density at radius 2 is 2.06 bits per heavy atom. The number of nitrogens with one attached hydrogen (secondary N) is 1. The molecule has 0 amide bonds. The molecule has 0 spiro atoms. The molecular weight excluding hydrogens is 224 g/mol. The Morgan fingerprint density at radius 1 is 1.25 bits per heavy atom. The van der Waals surface area contributed by atoms with Crippen LogP contribution in [0.25, 0.3) is 0 Å². The van der Waals surface area contributed by atoms with Gasteiger partial charge in [0.2, 0.25) is 0 Å². The summed E-state index contributed by atoms with van der Waals surface area (Å²) in [5.41, 5.74) is 2.74. The summed E-state index contributed by atoms with van der Waals surface area (Å²) in [6.45, 7) is 6.64. The molecule has 0 unspecified atom stereocenters. The van der Waals surface area contributed by atoms with Crippen LogP contribution in [-0.4, -0.2) is 15.3 Å². The van der Waals surface area contributed by atoms with E-state index in [0.717, 1.165) is 28.6 Å². The van der Waals surface area contributed by atoms with Crippen LogP contribution in [0.3, 0.4) is 0 Å². The highest BCUT2D eigenvalue weighted by Crippen LogP contribution is 2.23. The van der Waals surface area contributed by atoms with Crippen LogP contribution >= 0.6 is 11.3 Å². The zero-order valence-corrected chi connectivity index (χ0v) is 10.4. The molecule has 0 aromatic carbocycles. The molecule has 2 heterocycles. The summed E-state index contributed by atoms with van der Waals surface area (Å²) in [4.78, 5) is 5.76. The molecule has 0 saturated carbocycles. The minimum Gasteiger partial charge on any atom is -0.356 e. The highest BCUT2D eigenvalue weighted by molar-refractivity contribution is 7.15. The van der Waals surface area contributed by atoms with E-state index in [4.69, 9.17) is 0 Å². The van der Waals surface area contributed by atoms with Gasteiger partial charge in [0.15, 0.2) is 5.13 Å². The van der Waals surface area contributed by atoms with Gasteiger partial charge in [-0.25, -0.2) is 9.61 Å². The minimum absolute atomic E-state index is 0.603. The first kappa shape index (κ1) is 11.1. The Hall–Kier alpha value is -1.43. The molecular formula is C10H14N4OS. The van der Waals surface area contributed by atoms with Crippen molar-refractivity contribution in [2.45, 2.75) is 33.7 Å². The lowest BCUT2D eigenvalue weighted by atomic mass is 10.3. The fourth-order valence-corrected chi connectivity index (χ4v) is 2.30. The maximum absolute atomic E-state index is 4.63. The predicted octanol–water partition coefficient (Wildman–Crippen LogP) is 2.32. The molecule has 86 valence electrons. The Balaban J connectivity index is 2.02. The quantitative estimate of drug-likeness (QED) is 0.885. The summed E-state index contributed by atoms with van der Waals surface area (Å²) in [5.74, 6) is 0. The van der Waals surface area contributed by atoms with Gasteiger partial charge in [-0.1, -0.05) is 17.2 Å². The van der Waals surface area contributed by atoms with E-state index in [-0.39, 0.29) is 0 Å².